The maximum absolute atomic E-state index is 12.0. The fraction of sp³-hybridized carbons (Fsp3) is 0.467. The minimum atomic E-state index is -0.992. The van der Waals surface area contributed by atoms with Gasteiger partial charge in [-0.2, -0.15) is 0 Å². The molecule has 1 N–H and O–H groups in total. The molecule has 0 spiro atoms. The summed E-state index contributed by atoms with van der Waals surface area (Å²) in [5, 5.41) is 9.07. The Hall–Kier alpha value is -1.84. The van der Waals surface area contributed by atoms with Crippen molar-refractivity contribution in [3.63, 3.8) is 0 Å². The average molecular weight is 263 g/mol. The van der Waals surface area contributed by atoms with Crippen LogP contribution in [0.25, 0.3) is 0 Å². The van der Waals surface area contributed by atoms with Crippen molar-refractivity contribution >= 4 is 11.9 Å². The van der Waals surface area contributed by atoms with E-state index in [0.717, 1.165) is 6.42 Å². The number of likely N-dealkylation sites (N-methyl/N-ethyl adjacent to an activating group) is 1. The highest BCUT2D eigenvalue weighted by molar-refractivity contribution is 5.91. The molecule has 104 valence electrons. The highest BCUT2D eigenvalue weighted by atomic mass is 16.4. The molecule has 19 heavy (non-hydrogen) atoms. The maximum atomic E-state index is 12.0. The number of aromatic carboxylic acids is 1. The monoisotopic (exact) mass is 263 g/mol. The first-order valence-corrected chi connectivity index (χ1v) is 6.47. The van der Waals surface area contributed by atoms with Gasteiger partial charge in [0, 0.05) is 13.6 Å². The van der Waals surface area contributed by atoms with Gasteiger partial charge in [0.25, 0.3) is 0 Å². The van der Waals surface area contributed by atoms with E-state index in [1.807, 2.05) is 0 Å². The topological polar surface area (TPSA) is 57.6 Å². The van der Waals surface area contributed by atoms with Crippen molar-refractivity contribution in [1.29, 1.82) is 0 Å². The summed E-state index contributed by atoms with van der Waals surface area (Å²) in [6, 6.07) is 6.64. The van der Waals surface area contributed by atoms with Crippen LogP contribution in [-0.2, 0) is 11.2 Å². The number of carbonyl (C=O) groups excluding carboxylic acids is 1. The number of carboxylic acid groups (broad SMARTS) is 1. The zero-order valence-corrected chi connectivity index (χ0v) is 11.7. The largest absolute Gasteiger partial charge is 0.478 e. The van der Waals surface area contributed by atoms with Crippen LogP contribution in [0.4, 0.5) is 0 Å². The molecule has 0 saturated carbocycles. The molecule has 4 heteroatoms. The second kappa shape index (κ2) is 6.92. The lowest BCUT2D eigenvalue weighted by atomic mass is 10.0. The second-order valence-corrected chi connectivity index (χ2v) is 5.14. The van der Waals surface area contributed by atoms with E-state index in [1.54, 1.807) is 30.1 Å². The standard InChI is InChI=1S/C15H21NO3/c1-11(2)8-9-16(3)14(17)10-12-6-4-5-7-13(12)15(18)19/h4-7,11H,8-10H2,1-3H3,(H,18,19). The summed E-state index contributed by atoms with van der Waals surface area (Å²) in [6.07, 6.45) is 1.08. The minimum Gasteiger partial charge on any atom is -0.478 e. The van der Waals surface area contributed by atoms with E-state index in [-0.39, 0.29) is 17.9 Å². The first-order valence-electron chi connectivity index (χ1n) is 6.47. The summed E-state index contributed by atoms with van der Waals surface area (Å²) in [5.41, 5.74) is 0.768. The quantitative estimate of drug-likeness (QED) is 0.857. The van der Waals surface area contributed by atoms with Crippen molar-refractivity contribution in [3.8, 4) is 0 Å². The molecule has 0 aromatic heterocycles. The summed E-state index contributed by atoms with van der Waals surface area (Å²) in [5.74, 6) is -0.496. The maximum Gasteiger partial charge on any atom is 0.335 e. The van der Waals surface area contributed by atoms with Crippen LogP contribution in [-0.4, -0.2) is 35.5 Å². The van der Waals surface area contributed by atoms with Crippen molar-refractivity contribution < 1.29 is 14.7 Å². The molecule has 0 fully saturated rings. The van der Waals surface area contributed by atoms with Crippen LogP contribution in [0.2, 0.25) is 0 Å². The normalized spacial score (nSPS) is 10.5. The molecule has 0 aliphatic rings. The molecule has 1 amide bonds. The smallest absolute Gasteiger partial charge is 0.335 e. The van der Waals surface area contributed by atoms with Crippen LogP contribution in [0.5, 0.6) is 0 Å². The average Bonchev–Trinajstić information content (AvgIpc) is 2.36. The van der Waals surface area contributed by atoms with Gasteiger partial charge in [0.05, 0.1) is 12.0 Å². The first kappa shape index (κ1) is 15.2. The van der Waals surface area contributed by atoms with Crippen LogP contribution in [0.3, 0.4) is 0 Å². The van der Waals surface area contributed by atoms with Gasteiger partial charge in [-0.15, -0.1) is 0 Å². The fourth-order valence-electron chi connectivity index (χ4n) is 1.76. The van der Waals surface area contributed by atoms with E-state index in [2.05, 4.69) is 13.8 Å². The zero-order chi connectivity index (χ0) is 14.4. The summed E-state index contributed by atoms with van der Waals surface area (Å²) in [7, 11) is 1.76. The summed E-state index contributed by atoms with van der Waals surface area (Å²) in [6.45, 7) is 4.92. The number of rotatable bonds is 6. The molecule has 0 radical (unpaired) electrons. The molecule has 0 bridgehead atoms. The predicted octanol–water partition coefficient (Wildman–Crippen LogP) is 2.43. The van der Waals surface area contributed by atoms with Crippen LogP contribution in [0.1, 0.15) is 36.2 Å². The van der Waals surface area contributed by atoms with Crippen molar-refractivity contribution in [2.45, 2.75) is 26.7 Å². The van der Waals surface area contributed by atoms with E-state index in [1.165, 1.54) is 6.07 Å². The van der Waals surface area contributed by atoms with E-state index in [0.29, 0.717) is 18.0 Å². The lowest BCUT2D eigenvalue weighted by Crippen LogP contribution is -2.30. The van der Waals surface area contributed by atoms with E-state index < -0.39 is 5.97 Å². The van der Waals surface area contributed by atoms with Crippen molar-refractivity contribution in [1.82, 2.24) is 4.90 Å². The van der Waals surface area contributed by atoms with Gasteiger partial charge in [-0.1, -0.05) is 32.0 Å². The Labute approximate surface area is 114 Å². The minimum absolute atomic E-state index is 0.0469. The lowest BCUT2D eigenvalue weighted by molar-refractivity contribution is -0.129. The van der Waals surface area contributed by atoms with Gasteiger partial charge in [-0.05, 0) is 24.0 Å². The SMILES string of the molecule is CC(C)CCN(C)C(=O)Cc1ccccc1C(=O)O. The molecule has 1 rings (SSSR count). The molecular weight excluding hydrogens is 242 g/mol. The Morgan fingerprint density at radius 3 is 2.47 bits per heavy atom. The highest BCUT2D eigenvalue weighted by Crippen LogP contribution is 2.11. The van der Waals surface area contributed by atoms with Crippen LogP contribution >= 0.6 is 0 Å². The molecule has 1 aromatic rings. The Balaban J connectivity index is 2.69. The molecule has 0 unspecified atom stereocenters. The third-order valence-electron chi connectivity index (χ3n) is 3.06. The molecule has 0 aliphatic carbocycles. The van der Waals surface area contributed by atoms with Crippen molar-refractivity contribution in [3.05, 3.63) is 35.4 Å². The number of hydrogen-bond acceptors (Lipinski definition) is 2. The van der Waals surface area contributed by atoms with E-state index in [9.17, 15) is 9.59 Å². The van der Waals surface area contributed by atoms with Crippen molar-refractivity contribution in [2.24, 2.45) is 5.92 Å². The fourth-order valence-corrected chi connectivity index (χ4v) is 1.76. The Morgan fingerprint density at radius 1 is 1.26 bits per heavy atom. The number of nitrogens with zero attached hydrogens (tertiary/aromatic N) is 1. The lowest BCUT2D eigenvalue weighted by Gasteiger charge is -2.18. The molecular formula is C15H21NO3. The predicted molar refractivity (Wildman–Crippen MR) is 74.2 cm³/mol. The van der Waals surface area contributed by atoms with Gasteiger partial charge in [0.2, 0.25) is 5.91 Å². The molecule has 0 atom stereocenters. The number of benzene rings is 1. The number of amides is 1. The third-order valence-corrected chi connectivity index (χ3v) is 3.06. The summed E-state index contributed by atoms with van der Waals surface area (Å²) in [4.78, 5) is 24.8. The van der Waals surface area contributed by atoms with Crippen LogP contribution in [0.15, 0.2) is 24.3 Å². The van der Waals surface area contributed by atoms with Crippen LogP contribution < -0.4 is 0 Å². The highest BCUT2D eigenvalue weighted by Gasteiger charge is 2.15. The zero-order valence-electron chi connectivity index (χ0n) is 11.7. The van der Waals surface area contributed by atoms with E-state index in [4.69, 9.17) is 5.11 Å². The van der Waals surface area contributed by atoms with Gasteiger partial charge >= 0.3 is 5.97 Å². The van der Waals surface area contributed by atoms with Gasteiger partial charge in [0.15, 0.2) is 0 Å². The van der Waals surface area contributed by atoms with Gasteiger partial charge in [0.1, 0.15) is 0 Å². The summed E-state index contributed by atoms with van der Waals surface area (Å²) >= 11 is 0. The Morgan fingerprint density at radius 2 is 1.89 bits per heavy atom. The second-order valence-electron chi connectivity index (χ2n) is 5.14. The third kappa shape index (κ3) is 4.73. The van der Waals surface area contributed by atoms with Gasteiger partial charge in [-0.25, -0.2) is 4.79 Å². The number of carbonyl (C=O) groups is 2. The Bertz CT molecular complexity index is 454. The van der Waals surface area contributed by atoms with Gasteiger partial charge in [-0.3, -0.25) is 4.79 Å². The summed E-state index contributed by atoms with van der Waals surface area (Å²) < 4.78 is 0. The molecule has 1 aromatic carbocycles. The number of carboxylic acids is 1. The Kier molecular flexibility index (Phi) is 5.55. The molecule has 0 saturated heterocycles. The van der Waals surface area contributed by atoms with E-state index >= 15 is 0 Å². The van der Waals surface area contributed by atoms with Crippen LogP contribution in [0, 0.1) is 5.92 Å². The molecule has 4 nitrogen and oxygen atoms in total. The number of hydrogen-bond donors (Lipinski definition) is 1. The molecule has 0 heterocycles. The first-order chi connectivity index (χ1) is 8.91. The molecule has 0 aliphatic heterocycles. The van der Waals surface area contributed by atoms with Crippen molar-refractivity contribution in [2.75, 3.05) is 13.6 Å². The van der Waals surface area contributed by atoms with Gasteiger partial charge < -0.3 is 10.0 Å².